The van der Waals surface area contributed by atoms with Crippen molar-refractivity contribution >= 4 is 66.7 Å². The molecule has 0 radical (unpaired) electrons. The van der Waals surface area contributed by atoms with Crippen molar-refractivity contribution in [2.45, 2.75) is 0 Å². The van der Waals surface area contributed by atoms with Gasteiger partial charge in [-0.1, -0.05) is 103 Å². The number of fused-ring (bicyclic) bond motifs is 4. The van der Waals surface area contributed by atoms with Gasteiger partial charge in [-0.25, -0.2) is 9.97 Å². The van der Waals surface area contributed by atoms with Crippen molar-refractivity contribution < 1.29 is 0 Å². The second kappa shape index (κ2) is 11.2. The van der Waals surface area contributed by atoms with Crippen LogP contribution in [0, 0.1) is 0 Å². The summed E-state index contributed by atoms with van der Waals surface area (Å²) in [6.07, 6.45) is 5.37. The van der Waals surface area contributed by atoms with Gasteiger partial charge < -0.3 is 4.57 Å². The summed E-state index contributed by atoms with van der Waals surface area (Å²) in [5, 5.41) is 4.72. The molecule has 7 heteroatoms. The average Bonchev–Trinajstić information content (AvgIpc) is 3.45. The van der Waals surface area contributed by atoms with E-state index in [4.69, 9.17) is 34.4 Å². The number of para-hydroxylation sites is 2. The first-order valence-electron chi connectivity index (χ1n) is 14.5. The van der Waals surface area contributed by atoms with E-state index in [-0.39, 0.29) is 0 Å². The van der Waals surface area contributed by atoms with Crippen molar-refractivity contribution in [3.8, 4) is 28.3 Å². The fraction of sp³-hybridized carbons (Fsp3) is 0. The minimum atomic E-state index is 0.471. The van der Waals surface area contributed by atoms with Crippen molar-refractivity contribution in [1.82, 2.24) is 24.5 Å². The molecule has 8 rings (SSSR count). The molecule has 0 unspecified atom stereocenters. The van der Waals surface area contributed by atoms with Crippen molar-refractivity contribution in [2.24, 2.45) is 0 Å². The Bertz CT molecular complexity index is 2350. The zero-order valence-corrected chi connectivity index (χ0v) is 25.5. The van der Waals surface area contributed by atoms with Crippen LogP contribution in [0.4, 0.5) is 0 Å². The predicted octanol–water partition coefficient (Wildman–Crippen LogP) is 8.99. The Morgan fingerprint density at radius 2 is 1.16 bits per heavy atom. The largest absolute Gasteiger partial charge is 0.308 e. The third kappa shape index (κ3) is 4.79. The fourth-order valence-corrected chi connectivity index (χ4v) is 6.29. The highest BCUT2D eigenvalue weighted by Gasteiger charge is 2.16. The van der Waals surface area contributed by atoms with Gasteiger partial charge in [0.1, 0.15) is 0 Å². The predicted molar refractivity (Wildman–Crippen MR) is 190 cm³/mol. The van der Waals surface area contributed by atoms with Gasteiger partial charge in [0.15, 0.2) is 5.82 Å². The highest BCUT2D eigenvalue weighted by molar-refractivity contribution is 7.90. The molecule has 0 fully saturated rings. The summed E-state index contributed by atoms with van der Waals surface area (Å²) in [6, 6.07) is 41.0. The summed E-state index contributed by atoms with van der Waals surface area (Å²) in [5.74, 6) is 0.593. The lowest BCUT2D eigenvalue weighted by molar-refractivity contribution is 1.14. The van der Waals surface area contributed by atoms with Crippen molar-refractivity contribution in [3.63, 3.8) is 0 Å². The van der Waals surface area contributed by atoms with Crippen molar-refractivity contribution in [1.29, 1.82) is 0 Å². The van der Waals surface area contributed by atoms with Crippen LogP contribution in [0.5, 0.6) is 0 Å². The maximum atomic E-state index is 5.78. The van der Waals surface area contributed by atoms with Gasteiger partial charge in [0.2, 0.25) is 0 Å². The van der Waals surface area contributed by atoms with E-state index < -0.39 is 0 Å². The standard InChI is InChI=1S/C38H23N5S2/c44-36(37(45)33-19-17-26(23-41-33)43-34-14-5-3-11-29(34)30-12-4-6-15-35(30)43)32-18-16-25(22-40-32)38-39-21-20-31(42-38)28-13-7-9-24-8-1-2-10-27(24)28/h1-23H. The molecule has 0 amide bonds. The van der Waals surface area contributed by atoms with E-state index in [1.165, 1.54) is 16.2 Å². The molecular weight excluding hydrogens is 591 g/mol. The summed E-state index contributed by atoms with van der Waals surface area (Å²) in [6.45, 7) is 0. The summed E-state index contributed by atoms with van der Waals surface area (Å²) in [7, 11) is 0. The molecule has 0 aliphatic rings. The molecule has 5 nitrogen and oxygen atoms in total. The van der Waals surface area contributed by atoms with Crippen LogP contribution < -0.4 is 0 Å². The SMILES string of the molecule is S=C(C(=S)c1ccc(-n2c3ccccc3c3ccccc32)cn1)c1ccc(-c2nccc(-c3cccc4ccccc34)n2)cn1. The fourth-order valence-electron chi connectivity index (χ4n) is 5.84. The average molecular weight is 614 g/mol. The first kappa shape index (κ1) is 27.1. The van der Waals surface area contributed by atoms with E-state index in [9.17, 15) is 0 Å². The molecule has 45 heavy (non-hydrogen) atoms. The van der Waals surface area contributed by atoms with Gasteiger partial charge in [-0.2, -0.15) is 0 Å². The van der Waals surface area contributed by atoms with E-state index >= 15 is 0 Å². The van der Waals surface area contributed by atoms with Crippen LogP contribution in [-0.2, 0) is 0 Å². The quantitative estimate of drug-likeness (QED) is 0.138. The van der Waals surface area contributed by atoms with E-state index in [2.05, 4.69) is 87.3 Å². The van der Waals surface area contributed by atoms with Gasteiger partial charge in [-0.15, -0.1) is 0 Å². The third-order valence-corrected chi connectivity index (χ3v) is 8.96. The van der Waals surface area contributed by atoms with Crippen LogP contribution in [-0.4, -0.2) is 34.2 Å². The Morgan fingerprint density at radius 3 is 1.82 bits per heavy atom. The molecule has 0 saturated heterocycles. The molecule has 212 valence electrons. The van der Waals surface area contributed by atoms with Crippen LogP contribution in [0.2, 0.25) is 0 Å². The van der Waals surface area contributed by atoms with E-state index in [1.807, 2.05) is 54.7 Å². The third-order valence-electron chi connectivity index (χ3n) is 8.00. The summed E-state index contributed by atoms with van der Waals surface area (Å²) in [5.41, 5.74) is 7.16. The van der Waals surface area contributed by atoms with Crippen LogP contribution in [0.1, 0.15) is 11.4 Å². The first-order valence-corrected chi connectivity index (χ1v) is 15.3. The molecule has 4 aromatic carbocycles. The second-order valence-corrected chi connectivity index (χ2v) is 11.5. The lowest BCUT2D eigenvalue weighted by atomic mass is 10.0. The van der Waals surface area contributed by atoms with Crippen LogP contribution in [0.15, 0.2) is 140 Å². The van der Waals surface area contributed by atoms with Gasteiger partial charge in [0.05, 0.1) is 49.7 Å². The highest BCUT2D eigenvalue weighted by Crippen LogP contribution is 2.32. The Balaban J connectivity index is 1.05. The lowest BCUT2D eigenvalue weighted by Gasteiger charge is -2.10. The Morgan fingerprint density at radius 1 is 0.533 bits per heavy atom. The zero-order chi connectivity index (χ0) is 30.3. The van der Waals surface area contributed by atoms with Crippen LogP contribution in [0.3, 0.4) is 0 Å². The second-order valence-electron chi connectivity index (χ2n) is 10.7. The number of nitrogens with zero attached hydrogens (tertiary/aromatic N) is 5. The highest BCUT2D eigenvalue weighted by atomic mass is 32.1. The topological polar surface area (TPSA) is 56.5 Å². The molecule has 0 spiro atoms. The van der Waals surface area contributed by atoms with Gasteiger partial charge in [0.25, 0.3) is 0 Å². The molecule has 4 heterocycles. The molecule has 4 aromatic heterocycles. The first-order chi connectivity index (χ1) is 22.2. The molecule has 0 aliphatic heterocycles. The number of benzene rings is 4. The Kier molecular flexibility index (Phi) is 6.74. The number of pyridine rings is 2. The maximum Gasteiger partial charge on any atom is 0.161 e. The molecular formula is C38H23N5S2. The molecule has 0 N–H and O–H groups in total. The molecule has 8 aromatic rings. The number of aromatic nitrogens is 5. The van der Waals surface area contributed by atoms with Gasteiger partial charge in [-0.05, 0) is 53.2 Å². The summed E-state index contributed by atoms with van der Waals surface area (Å²) in [4.78, 5) is 19.7. The molecule has 0 saturated carbocycles. The summed E-state index contributed by atoms with van der Waals surface area (Å²) < 4.78 is 2.22. The van der Waals surface area contributed by atoms with Crippen molar-refractivity contribution in [3.05, 3.63) is 151 Å². The number of hydrogen-bond donors (Lipinski definition) is 0. The minimum Gasteiger partial charge on any atom is -0.308 e. The molecule has 0 aliphatic carbocycles. The Hall–Kier alpha value is -5.50. The Labute approximate surface area is 269 Å². The van der Waals surface area contributed by atoms with Crippen molar-refractivity contribution in [2.75, 3.05) is 0 Å². The molecule has 0 bridgehead atoms. The van der Waals surface area contributed by atoms with E-state index in [0.717, 1.165) is 38.9 Å². The normalized spacial score (nSPS) is 11.3. The summed E-state index contributed by atoms with van der Waals surface area (Å²) >= 11 is 11.6. The van der Waals surface area contributed by atoms with Gasteiger partial charge in [0, 0.05) is 34.3 Å². The van der Waals surface area contributed by atoms with Crippen LogP contribution >= 0.6 is 24.4 Å². The van der Waals surface area contributed by atoms with E-state index in [0.29, 0.717) is 26.9 Å². The number of thiocarbonyl (C=S) groups is 2. The zero-order valence-electron chi connectivity index (χ0n) is 23.8. The number of rotatable bonds is 6. The smallest absolute Gasteiger partial charge is 0.161 e. The lowest BCUT2D eigenvalue weighted by Crippen LogP contribution is -2.15. The monoisotopic (exact) mass is 613 g/mol. The molecule has 0 atom stereocenters. The van der Waals surface area contributed by atoms with Gasteiger partial charge >= 0.3 is 0 Å². The van der Waals surface area contributed by atoms with Crippen LogP contribution in [0.25, 0.3) is 60.9 Å². The van der Waals surface area contributed by atoms with E-state index in [1.54, 1.807) is 12.4 Å². The van der Waals surface area contributed by atoms with Gasteiger partial charge in [-0.3, -0.25) is 9.97 Å². The number of hydrogen-bond acceptors (Lipinski definition) is 6. The minimum absolute atomic E-state index is 0.471. The maximum absolute atomic E-state index is 5.78.